The van der Waals surface area contributed by atoms with Crippen molar-refractivity contribution in [2.45, 2.75) is 33.9 Å². The minimum absolute atomic E-state index is 1.06. The predicted octanol–water partition coefficient (Wildman–Crippen LogP) is 2.42. The highest BCUT2D eigenvalue weighted by Gasteiger charge is 2.20. The minimum atomic E-state index is -6.00. The number of rotatable bonds is 2. The Labute approximate surface area is 86.6 Å². The first-order valence-electron chi connectivity index (χ1n) is 4.71. The Hall–Kier alpha value is -1.01. The number of halogens is 4. The van der Waals surface area contributed by atoms with E-state index in [2.05, 4.69) is 42.4 Å². The molecule has 0 bridgehead atoms. The number of aryl methyl sites for hydroxylation is 3. The van der Waals surface area contributed by atoms with Gasteiger partial charge in [0.2, 0.25) is 6.33 Å². The molecule has 0 saturated heterocycles. The van der Waals surface area contributed by atoms with Crippen molar-refractivity contribution in [3.63, 3.8) is 0 Å². The Morgan fingerprint density at radius 1 is 1.27 bits per heavy atom. The van der Waals surface area contributed by atoms with Crippen LogP contribution in [0.25, 0.3) is 0 Å². The van der Waals surface area contributed by atoms with Gasteiger partial charge in [-0.3, -0.25) is 0 Å². The second-order valence-corrected chi connectivity index (χ2v) is 3.00. The summed E-state index contributed by atoms with van der Waals surface area (Å²) in [7, 11) is -6.00. The highest BCUT2D eigenvalue weighted by molar-refractivity contribution is 6.50. The van der Waals surface area contributed by atoms with Crippen LogP contribution in [-0.4, -0.2) is 11.8 Å². The van der Waals surface area contributed by atoms with E-state index in [1.165, 1.54) is 5.69 Å². The molecule has 0 radical (unpaired) electrons. The van der Waals surface area contributed by atoms with Crippen LogP contribution in [0.2, 0.25) is 0 Å². The van der Waals surface area contributed by atoms with Crippen molar-refractivity contribution < 1.29 is 21.8 Å². The van der Waals surface area contributed by atoms with Crippen molar-refractivity contribution >= 4 is 7.25 Å². The number of nitrogens with zero attached hydrogens (tertiary/aromatic N) is 2. The first kappa shape index (κ1) is 14.0. The first-order chi connectivity index (χ1) is 6.77. The molecule has 0 aliphatic carbocycles. The quantitative estimate of drug-likeness (QED) is 0.416. The summed E-state index contributed by atoms with van der Waals surface area (Å²) in [5.41, 5.74) is 1.34. The molecule has 0 saturated carbocycles. The third kappa shape index (κ3) is 6.99. The lowest BCUT2D eigenvalue weighted by atomic mass is 10.3. The van der Waals surface area contributed by atoms with Gasteiger partial charge in [-0.1, -0.05) is 0 Å². The van der Waals surface area contributed by atoms with Gasteiger partial charge in [0.05, 0.1) is 13.1 Å². The van der Waals surface area contributed by atoms with E-state index in [4.69, 9.17) is 0 Å². The zero-order valence-corrected chi connectivity index (χ0v) is 9.05. The molecule has 0 fully saturated rings. The molecule has 0 N–H and O–H groups in total. The van der Waals surface area contributed by atoms with Gasteiger partial charge in [-0.2, -0.15) is 0 Å². The van der Waals surface area contributed by atoms with E-state index >= 15 is 0 Å². The summed E-state index contributed by atoms with van der Waals surface area (Å²) >= 11 is 0. The van der Waals surface area contributed by atoms with Crippen LogP contribution >= 0.6 is 0 Å². The lowest BCUT2D eigenvalue weighted by molar-refractivity contribution is -0.698. The van der Waals surface area contributed by atoms with Gasteiger partial charge < -0.3 is 17.3 Å². The maximum absolute atomic E-state index is 9.75. The average molecular weight is 226 g/mol. The number of aromatic nitrogens is 2. The van der Waals surface area contributed by atoms with E-state index in [1.54, 1.807) is 0 Å². The maximum Gasteiger partial charge on any atom is 0.673 e. The van der Waals surface area contributed by atoms with Crippen LogP contribution in [0, 0.1) is 6.92 Å². The van der Waals surface area contributed by atoms with Gasteiger partial charge in [-0.05, 0) is 13.8 Å². The van der Waals surface area contributed by atoms with Crippen molar-refractivity contribution in [1.82, 2.24) is 4.57 Å². The van der Waals surface area contributed by atoms with Gasteiger partial charge in [-0.15, -0.1) is 0 Å². The largest absolute Gasteiger partial charge is 0.673 e. The fourth-order valence-corrected chi connectivity index (χ4v) is 1.12. The Kier molecular flexibility index (Phi) is 5.39. The van der Waals surface area contributed by atoms with E-state index in [0.717, 1.165) is 13.1 Å². The molecule has 1 aromatic rings. The number of hydrogen-bond acceptors (Lipinski definition) is 0. The zero-order chi connectivity index (χ0) is 12.1. The maximum atomic E-state index is 9.75. The average Bonchev–Trinajstić information content (AvgIpc) is 2.43. The van der Waals surface area contributed by atoms with Crippen LogP contribution in [0.5, 0.6) is 0 Å². The second kappa shape index (κ2) is 5.77. The van der Waals surface area contributed by atoms with Crippen molar-refractivity contribution in [3.8, 4) is 0 Å². The third-order valence-electron chi connectivity index (χ3n) is 1.80. The van der Waals surface area contributed by atoms with Gasteiger partial charge in [0.15, 0.2) is 0 Å². The Bertz CT molecular complexity index is 289. The van der Waals surface area contributed by atoms with Crippen molar-refractivity contribution in [3.05, 3.63) is 18.2 Å². The Balaban J connectivity index is 0.000000336. The molecule has 0 atom stereocenters. The van der Waals surface area contributed by atoms with Crippen molar-refractivity contribution in [2.75, 3.05) is 0 Å². The molecule has 88 valence electrons. The van der Waals surface area contributed by atoms with Gasteiger partial charge >= 0.3 is 7.25 Å². The lowest BCUT2D eigenvalue weighted by Crippen LogP contribution is -2.32. The molecule has 7 heteroatoms. The molecule has 0 unspecified atom stereocenters. The smallest absolute Gasteiger partial charge is 0.418 e. The topological polar surface area (TPSA) is 8.81 Å². The summed E-state index contributed by atoms with van der Waals surface area (Å²) in [6, 6.07) is 0. The first-order valence-corrected chi connectivity index (χ1v) is 4.71. The van der Waals surface area contributed by atoms with E-state index in [0.29, 0.717) is 0 Å². The van der Waals surface area contributed by atoms with E-state index in [9.17, 15) is 17.3 Å². The third-order valence-corrected chi connectivity index (χ3v) is 1.80. The van der Waals surface area contributed by atoms with Crippen molar-refractivity contribution in [2.24, 2.45) is 0 Å². The van der Waals surface area contributed by atoms with Crippen LogP contribution in [-0.2, 0) is 13.1 Å². The van der Waals surface area contributed by atoms with Gasteiger partial charge in [-0.25, -0.2) is 9.13 Å². The molecule has 0 amide bonds. The summed E-state index contributed by atoms with van der Waals surface area (Å²) in [5.74, 6) is 0. The lowest BCUT2D eigenvalue weighted by Gasteiger charge is -1.94. The van der Waals surface area contributed by atoms with E-state index in [1.807, 2.05) is 0 Å². The fourth-order valence-electron chi connectivity index (χ4n) is 1.12. The summed E-state index contributed by atoms with van der Waals surface area (Å²) in [4.78, 5) is 0. The molecular weight excluding hydrogens is 211 g/mol. The fraction of sp³-hybridized carbons (Fsp3) is 0.625. The van der Waals surface area contributed by atoms with Crippen LogP contribution in [0.1, 0.15) is 19.5 Å². The number of imidazole rings is 1. The summed E-state index contributed by atoms with van der Waals surface area (Å²) in [6.07, 6.45) is 4.32. The summed E-state index contributed by atoms with van der Waals surface area (Å²) in [5, 5.41) is 0. The molecule has 0 spiro atoms. The summed E-state index contributed by atoms with van der Waals surface area (Å²) in [6.45, 7) is 8.58. The normalized spacial score (nSPS) is 10.9. The standard InChI is InChI=1S/C8H15N2.BF4/c1-4-9-6-8(3)10(5-2)7-9;2-1(3,4)5/h6-7H,4-5H2,1-3H3;/q+1;-1. The SMILES string of the molecule is CCn1cc(C)[n+](CC)c1.F[B-](F)(F)F. The van der Waals surface area contributed by atoms with Crippen LogP contribution < -0.4 is 4.57 Å². The monoisotopic (exact) mass is 226 g/mol. The van der Waals surface area contributed by atoms with Crippen LogP contribution in [0.3, 0.4) is 0 Å². The molecule has 0 aromatic carbocycles. The van der Waals surface area contributed by atoms with Gasteiger partial charge in [0.25, 0.3) is 0 Å². The highest BCUT2D eigenvalue weighted by atomic mass is 19.5. The molecule has 15 heavy (non-hydrogen) atoms. The zero-order valence-electron chi connectivity index (χ0n) is 9.05. The summed E-state index contributed by atoms with van der Waals surface area (Å²) < 4.78 is 43.4. The molecule has 2 nitrogen and oxygen atoms in total. The molecule has 1 heterocycles. The Morgan fingerprint density at radius 2 is 1.73 bits per heavy atom. The molecule has 1 rings (SSSR count). The Morgan fingerprint density at radius 3 is 1.93 bits per heavy atom. The predicted molar refractivity (Wildman–Crippen MR) is 50.9 cm³/mol. The molecular formula is C8H15BF4N2. The highest BCUT2D eigenvalue weighted by Crippen LogP contribution is 2.06. The molecule has 1 aromatic heterocycles. The molecule has 0 aliphatic heterocycles. The minimum Gasteiger partial charge on any atom is -0.418 e. The van der Waals surface area contributed by atoms with Crippen molar-refractivity contribution in [1.29, 1.82) is 0 Å². The second-order valence-electron chi connectivity index (χ2n) is 3.00. The van der Waals surface area contributed by atoms with E-state index in [-0.39, 0.29) is 0 Å². The van der Waals surface area contributed by atoms with Gasteiger partial charge in [0.1, 0.15) is 11.9 Å². The van der Waals surface area contributed by atoms with Gasteiger partial charge in [0, 0.05) is 6.92 Å². The molecule has 0 aliphatic rings. The number of hydrogen-bond donors (Lipinski definition) is 0. The van der Waals surface area contributed by atoms with Crippen LogP contribution in [0.4, 0.5) is 17.3 Å². The van der Waals surface area contributed by atoms with E-state index < -0.39 is 7.25 Å². The van der Waals surface area contributed by atoms with Crippen LogP contribution in [0.15, 0.2) is 12.5 Å².